The Hall–Kier alpha value is -2.96. The van der Waals surface area contributed by atoms with E-state index < -0.39 is 11.9 Å². The van der Waals surface area contributed by atoms with E-state index >= 15 is 0 Å². The molecule has 0 aliphatic rings. The molecular formula is C18H14Cl2N2O4. The van der Waals surface area contributed by atoms with Crippen LogP contribution in [0, 0.1) is 0 Å². The van der Waals surface area contributed by atoms with Crippen LogP contribution in [-0.2, 0) is 0 Å². The van der Waals surface area contributed by atoms with Gasteiger partial charge in [0.25, 0.3) is 0 Å². The summed E-state index contributed by atoms with van der Waals surface area (Å²) in [6, 6.07) is 11.5. The molecule has 0 atom stereocenters. The monoisotopic (exact) mass is 392 g/mol. The Morgan fingerprint density at radius 1 is 0.808 bits per heavy atom. The summed E-state index contributed by atoms with van der Waals surface area (Å²) in [7, 11) is 0. The van der Waals surface area contributed by atoms with Crippen LogP contribution in [0.4, 0.5) is 0 Å². The molecule has 1 aromatic carbocycles. The Morgan fingerprint density at radius 3 is 2.08 bits per heavy atom. The van der Waals surface area contributed by atoms with E-state index in [2.05, 4.69) is 9.97 Å². The largest absolute Gasteiger partial charge is 0.478 e. The predicted octanol–water partition coefficient (Wildman–Crippen LogP) is 4.05. The third-order valence-electron chi connectivity index (χ3n) is 3.56. The number of aromatic nitrogens is 2. The first-order chi connectivity index (χ1) is 11.6. The van der Waals surface area contributed by atoms with E-state index in [1.165, 1.54) is 12.1 Å². The molecular weight excluding hydrogens is 379 g/mol. The van der Waals surface area contributed by atoms with Gasteiger partial charge >= 0.3 is 11.9 Å². The first kappa shape index (κ1) is 21.1. The van der Waals surface area contributed by atoms with Crippen LogP contribution in [0.15, 0.2) is 61.1 Å². The molecule has 2 aromatic heterocycles. The van der Waals surface area contributed by atoms with Gasteiger partial charge in [-0.15, -0.1) is 24.8 Å². The van der Waals surface area contributed by atoms with E-state index in [1.807, 2.05) is 12.1 Å². The molecule has 0 aliphatic carbocycles. The van der Waals surface area contributed by atoms with Crippen LogP contribution < -0.4 is 0 Å². The SMILES string of the molecule is Cl.Cl.O=C(O)c1cccc(-c2cc(-c3ccncc3)ccn2)c1C(=O)O. The van der Waals surface area contributed by atoms with Crippen LogP contribution >= 0.6 is 24.8 Å². The summed E-state index contributed by atoms with van der Waals surface area (Å²) < 4.78 is 0. The lowest BCUT2D eigenvalue weighted by Gasteiger charge is -2.10. The Labute approximate surface area is 161 Å². The second-order valence-electron chi connectivity index (χ2n) is 5.00. The molecule has 3 aromatic rings. The third kappa shape index (κ3) is 4.17. The van der Waals surface area contributed by atoms with Gasteiger partial charge in [0.15, 0.2) is 0 Å². The molecule has 0 bridgehead atoms. The lowest BCUT2D eigenvalue weighted by atomic mass is 9.96. The second kappa shape index (κ2) is 8.94. The number of hydrogen-bond acceptors (Lipinski definition) is 4. The van der Waals surface area contributed by atoms with Crippen molar-refractivity contribution in [1.82, 2.24) is 9.97 Å². The second-order valence-corrected chi connectivity index (χ2v) is 5.00. The molecule has 134 valence electrons. The average Bonchev–Trinajstić information content (AvgIpc) is 2.61. The number of carbonyl (C=O) groups is 2. The van der Waals surface area contributed by atoms with E-state index in [1.54, 1.807) is 36.8 Å². The minimum absolute atomic E-state index is 0. The highest BCUT2D eigenvalue weighted by Gasteiger charge is 2.21. The first-order valence-electron chi connectivity index (χ1n) is 7.04. The van der Waals surface area contributed by atoms with Crippen molar-refractivity contribution >= 4 is 36.8 Å². The highest BCUT2D eigenvalue weighted by Crippen LogP contribution is 2.28. The number of rotatable bonds is 4. The fraction of sp³-hybridized carbons (Fsp3) is 0. The van der Waals surface area contributed by atoms with E-state index in [0.717, 1.165) is 11.1 Å². The van der Waals surface area contributed by atoms with Crippen molar-refractivity contribution in [3.05, 3.63) is 72.2 Å². The summed E-state index contributed by atoms with van der Waals surface area (Å²) >= 11 is 0. The molecule has 2 N–H and O–H groups in total. The lowest BCUT2D eigenvalue weighted by Crippen LogP contribution is -2.10. The highest BCUT2D eigenvalue weighted by atomic mass is 35.5. The zero-order valence-corrected chi connectivity index (χ0v) is 14.8. The molecule has 8 heteroatoms. The zero-order valence-electron chi connectivity index (χ0n) is 13.2. The van der Waals surface area contributed by atoms with Gasteiger partial charge in [-0.3, -0.25) is 9.97 Å². The van der Waals surface area contributed by atoms with Crippen molar-refractivity contribution in [3.8, 4) is 22.4 Å². The van der Waals surface area contributed by atoms with Crippen molar-refractivity contribution in [3.63, 3.8) is 0 Å². The summed E-state index contributed by atoms with van der Waals surface area (Å²) in [6.07, 6.45) is 4.87. The van der Waals surface area contributed by atoms with Gasteiger partial charge in [-0.1, -0.05) is 12.1 Å². The molecule has 26 heavy (non-hydrogen) atoms. The number of benzene rings is 1. The third-order valence-corrected chi connectivity index (χ3v) is 3.56. The number of aromatic carboxylic acids is 2. The fourth-order valence-corrected chi connectivity index (χ4v) is 2.48. The van der Waals surface area contributed by atoms with E-state index in [-0.39, 0.29) is 41.5 Å². The quantitative estimate of drug-likeness (QED) is 0.694. The van der Waals surface area contributed by atoms with Crippen molar-refractivity contribution < 1.29 is 19.8 Å². The molecule has 0 unspecified atom stereocenters. The Morgan fingerprint density at radius 2 is 1.46 bits per heavy atom. The Kier molecular flexibility index (Phi) is 7.25. The van der Waals surface area contributed by atoms with Gasteiger partial charge in [-0.05, 0) is 41.5 Å². The summed E-state index contributed by atoms with van der Waals surface area (Å²) in [6.45, 7) is 0. The molecule has 3 rings (SSSR count). The normalized spacial score (nSPS) is 9.54. The van der Waals surface area contributed by atoms with Crippen molar-refractivity contribution in [2.45, 2.75) is 0 Å². The highest BCUT2D eigenvalue weighted by molar-refractivity contribution is 6.06. The van der Waals surface area contributed by atoms with Crippen molar-refractivity contribution in [1.29, 1.82) is 0 Å². The summed E-state index contributed by atoms with van der Waals surface area (Å²) in [5, 5.41) is 18.7. The molecule has 6 nitrogen and oxygen atoms in total. The number of halogens is 2. The minimum atomic E-state index is -1.31. The smallest absolute Gasteiger partial charge is 0.337 e. The molecule has 0 spiro atoms. The molecule has 0 saturated heterocycles. The minimum Gasteiger partial charge on any atom is -0.478 e. The van der Waals surface area contributed by atoms with Gasteiger partial charge < -0.3 is 10.2 Å². The van der Waals surface area contributed by atoms with E-state index in [0.29, 0.717) is 5.69 Å². The number of hydrogen-bond donors (Lipinski definition) is 2. The molecule has 0 saturated carbocycles. The van der Waals surface area contributed by atoms with Crippen molar-refractivity contribution in [2.24, 2.45) is 0 Å². The number of pyridine rings is 2. The average molecular weight is 393 g/mol. The van der Waals surface area contributed by atoms with Gasteiger partial charge in [0.2, 0.25) is 0 Å². The molecule has 2 heterocycles. The van der Waals surface area contributed by atoms with Gasteiger partial charge in [0.05, 0.1) is 16.8 Å². The number of carboxylic acid groups (broad SMARTS) is 2. The molecule has 0 aliphatic heterocycles. The number of nitrogens with zero attached hydrogens (tertiary/aromatic N) is 2. The van der Waals surface area contributed by atoms with Crippen LogP contribution in [0.3, 0.4) is 0 Å². The Balaban J connectivity index is 0.00000169. The topological polar surface area (TPSA) is 100 Å². The zero-order chi connectivity index (χ0) is 17.1. The van der Waals surface area contributed by atoms with Crippen molar-refractivity contribution in [2.75, 3.05) is 0 Å². The summed E-state index contributed by atoms with van der Waals surface area (Å²) in [5.41, 5.74) is 1.85. The summed E-state index contributed by atoms with van der Waals surface area (Å²) in [4.78, 5) is 31.1. The van der Waals surface area contributed by atoms with Gasteiger partial charge in [0, 0.05) is 24.2 Å². The fourth-order valence-electron chi connectivity index (χ4n) is 2.48. The van der Waals surface area contributed by atoms with E-state index in [4.69, 9.17) is 0 Å². The van der Waals surface area contributed by atoms with Crippen LogP contribution in [0.2, 0.25) is 0 Å². The van der Waals surface area contributed by atoms with Gasteiger partial charge in [-0.2, -0.15) is 0 Å². The van der Waals surface area contributed by atoms with Crippen LogP contribution in [0.25, 0.3) is 22.4 Å². The number of carboxylic acids is 2. The Bertz CT molecular complexity index is 933. The van der Waals surface area contributed by atoms with Crippen LogP contribution in [0.5, 0.6) is 0 Å². The predicted molar refractivity (Wildman–Crippen MR) is 101 cm³/mol. The standard InChI is InChI=1S/C18H12N2O4.2ClH/c21-17(22)14-3-1-2-13(16(14)18(23)24)15-10-12(6-9-20-15)11-4-7-19-8-5-11;;/h1-10H,(H,21,22)(H,23,24);2*1H. The first-order valence-corrected chi connectivity index (χ1v) is 7.04. The van der Waals surface area contributed by atoms with Crippen LogP contribution in [0.1, 0.15) is 20.7 Å². The molecule has 0 fully saturated rings. The lowest BCUT2D eigenvalue weighted by molar-refractivity contribution is 0.0652. The summed E-state index contributed by atoms with van der Waals surface area (Å²) in [5.74, 6) is -2.60. The van der Waals surface area contributed by atoms with E-state index in [9.17, 15) is 19.8 Å². The van der Waals surface area contributed by atoms with Gasteiger partial charge in [0.1, 0.15) is 0 Å². The maximum atomic E-state index is 11.6. The maximum absolute atomic E-state index is 11.6. The maximum Gasteiger partial charge on any atom is 0.337 e. The van der Waals surface area contributed by atoms with Gasteiger partial charge in [-0.25, -0.2) is 9.59 Å². The van der Waals surface area contributed by atoms with Crippen LogP contribution in [-0.4, -0.2) is 32.1 Å². The molecule has 0 amide bonds. The molecule has 0 radical (unpaired) electrons.